The lowest BCUT2D eigenvalue weighted by atomic mass is 10.1. The molecule has 23 heavy (non-hydrogen) atoms. The number of carbonyl (C=O) groups is 1. The number of nitrogens with one attached hydrogen (secondary N) is 1. The van der Waals surface area contributed by atoms with Crippen LogP contribution in [0.15, 0.2) is 24.3 Å². The van der Waals surface area contributed by atoms with Gasteiger partial charge in [0.1, 0.15) is 0 Å². The minimum atomic E-state index is 0. The van der Waals surface area contributed by atoms with Crippen LogP contribution >= 0.6 is 24.8 Å². The van der Waals surface area contributed by atoms with Gasteiger partial charge in [-0.25, -0.2) is 0 Å². The van der Waals surface area contributed by atoms with Gasteiger partial charge in [0.2, 0.25) is 5.91 Å². The minimum Gasteiger partial charge on any atom is -0.337 e. The summed E-state index contributed by atoms with van der Waals surface area (Å²) in [5.41, 5.74) is 2.47. The van der Waals surface area contributed by atoms with Gasteiger partial charge in [-0.1, -0.05) is 36.8 Å². The topological polar surface area (TPSA) is 35.6 Å². The highest BCUT2D eigenvalue weighted by Gasteiger charge is 2.18. The van der Waals surface area contributed by atoms with Crippen LogP contribution in [-0.4, -0.2) is 55.0 Å². The fourth-order valence-corrected chi connectivity index (χ4v) is 2.64. The maximum Gasteiger partial charge on any atom is 0.237 e. The minimum absolute atomic E-state index is 0. The Bertz CT molecular complexity index is 448. The second-order valence-electron chi connectivity index (χ2n) is 5.83. The summed E-state index contributed by atoms with van der Waals surface area (Å²) in [5.74, 6) is 0.249. The molecule has 0 atom stereocenters. The zero-order valence-corrected chi connectivity index (χ0v) is 15.7. The number of hydrogen-bond donors (Lipinski definition) is 1. The summed E-state index contributed by atoms with van der Waals surface area (Å²) in [4.78, 5) is 16.8. The molecule has 0 aromatic heterocycles. The first-order valence-electron chi connectivity index (χ1n) is 7.95. The molecule has 0 bridgehead atoms. The number of halogens is 2. The zero-order chi connectivity index (χ0) is 15.1. The third-order valence-corrected chi connectivity index (χ3v) is 3.91. The molecule has 132 valence electrons. The van der Waals surface area contributed by atoms with Gasteiger partial charge in [-0.2, -0.15) is 0 Å². The quantitative estimate of drug-likeness (QED) is 0.845. The molecule has 0 radical (unpaired) electrons. The van der Waals surface area contributed by atoms with Crippen LogP contribution in [0.25, 0.3) is 0 Å². The first-order chi connectivity index (χ1) is 10.2. The molecule has 1 N–H and O–H groups in total. The van der Waals surface area contributed by atoms with Crippen molar-refractivity contribution in [3.8, 4) is 0 Å². The van der Waals surface area contributed by atoms with Gasteiger partial charge < -0.3 is 10.2 Å². The van der Waals surface area contributed by atoms with E-state index < -0.39 is 0 Å². The average Bonchev–Trinajstić information content (AvgIpc) is 2.50. The third-order valence-electron chi connectivity index (χ3n) is 3.91. The molecule has 0 saturated carbocycles. The van der Waals surface area contributed by atoms with Crippen molar-refractivity contribution >= 4 is 30.7 Å². The highest BCUT2D eigenvalue weighted by Crippen LogP contribution is 2.08. The van der Waals surface area contributed by atoms with E-state index in [1.54, 1.807) is 0 Å². The molecule has 1 aromatic carbocycles. The first kappa shape index (κ1) is 22.2. The van der Waals surface area contributed by atoms with E-state index in [1.807, 2.05) is 4.90 Å². The van der Waals surface area contributed by atoms with Gasteiger partial charge in [0.25, 0.3) is 0 Å². The van der Waals surface area contributed by atoms with E-state index in [2.05, 4.69) is 48.3 Å². The Morgan fingerprint density at radius 3 is 2.35 bits per heavy atom. The lowest BCUT2D eigenvalue weighted by molar-refractivity contribution is -0.133. The van der Waals surface area contributed by atoms with Crippen LogP contribution in [0, 0.1) is 6.92 Å². The van der Waals surface area contributed by atoms with Crippen LogP contribution in [0.1, 0.15) is 24.5 Å². The third kappa shape index (κ3) is 7.53. The van der Waals surface area contributed by atoms with Gasteiger partial charge in [-0.15, -0.1) is 24.8 Å². The van der Waals surface area contributed by atoms with Crippen LogP contribution in [-0.2, 0) is 11.3 Å². The number of hydrogen-bond acceptors (Lipinski definition) is 3. The molecule has 0 unspecified atom stereocenters. The van der Waals surface area contributed by atoms with Gasteiger partial charge in [0.05, 0.1) is 6.54 Å². The zero-order valence-electron chi connectivity index (χ0n) is 14.1. The molecule has 1 heterocycles. The van der Waals surface area contributed by atoms with Gasteiger partial charge in [-0.3, -0.25) is 9.69 Å². The summed E-state index contributed by atoms with van der Waals surface area (Å²) in [6.07, 6.45) is 0.999. The predicted molar refractivity (Wildman–Crippen MR) is 101 cm³/mol. The Morgan fingerprint density at radius 2 is 1.78 bits per heavy atom. The van der Waals surface area contributed by atoms with Crippen LogP contribution < -0.4 is 5.32 Å². The average molecular weight is 362 g/mol. The number of benzene rings is 1. The van der Waals surface area contributed by atoms with E-state index >= 15 is 0 Å². The summed E-state index contributed by atoms with van der Waals surface area (Å²) in [5, 5.41) is 3.32. The first-order valence-corrected chi connectivity index (χ1v) is 7.95. The SMILES string of the molecule is CCCN(Cc1ccc(C)cc1)C(=O)CN1CCNCC1.Cl.Cl. The van der Waals surface area contributed by atoms with E-state index in [4.69, 9.17) is 0 Å². The summed E-state index contributed by atoms with van der Waals surface area (Å²) < 4.78 is 0. The van der Waals surface area contributed by atoms with Gasteiger partial charge in [0.15, 0.2) is 0 Å². The van der Waals surface area contributed by atoms with Crippen molar-refractivity contribution < 1.29 is 4.79 Å². The number of carbonyl (C=O) groups excluding carboxylic acids is 1. The number of piperazine rings is 1. The van der Waals surface area contributed by atoms with Crippen LogP contribution in [0.4, 0.5) is 0 Å². The van der Waals surface area contributed by atoms with E-state index in [0.29, 0.717) is 6.54 Å². The second kappa shape index (κ2) is 11.7. The Kier molecular flexibility index (Phi) is 11.3. The van der Waals surface area contributed by atoms with Crippen molar-refractivity contribution in [1.29, 1.82) is 0 Å². The molecule has 2 rings (SSSR count). The summed E-state index contributed by atoms with van der Waals surface area (Å²) in [6, 6.07) is 8.46. The molecule has 0 aliphatic carbocycles. The van der Waals surface area contributed by atoms with Crippen molar-refractivity contribution in [1.82, 2.24) is 15.1 Å². The molecular weight excluding hydrogens is 333 g/mol. The van der Waals surface area contributed by atoms with Gasteiger partial charge >= 0.3 is 0 Å². The van der Waals surface area contributed by atoms with E-state index in [1.165, 1.54) is 11.1 Å². The Hall–Kier alpha value is -0.810. The van der Waals surface area contributed by atoms with E-state index in [9.17, 15) is 4.79 Å². The molecular formula is C17H29Cl2N3O. The maximum absolute atomic E-state index is 12.5. The fraction of sp³-hybridized carbons (Fsp3) is 0.588. The van der Waals surface area contributed by atoms with Gasteiger partial charge in [0, 0.05) is 39.3 Å². The van der Waals surface area contributed by atoms with E-state index in [-0.39, 0.29) is 30.7 Å². The Morgan fingerprint density at radius 1 is 1.17 bits per heavy atom. The molecule has 0 spiro atoms. The molecule has 1 aliphatic heterocycles. The normalized spacial score (nSPS) is 14.5. The highest BCUT2D eigenvalue weighted by atomic mass is 35.5. The highest BCUT2D eigenvalue weighted by molar-refractivity contribution is 5.85. The van der Waals surface area contributed by atoms with Gasteiger partial charge in [-0.05, 0) is 18.9 Å². The van der Waals surface area contributed by atoms with Crippen LogP contribution in [0.2, 0.25) is 0 Å². The molecule has 1 aliphatic rings. The summed E-state index contributed by atoms with van der Waals surface area (Å²) in [7, 11) is 0. The standard InChI is InChI=1S/C17H27N3O.2ClH/c1-3-10-20(13-16-6-4-15(2)5-7-16)17(21)14-19-11-8-18-9-12-19;;/h4-7,18H,3,8-14H2,1-2H3;2*1H. The number of amides is 1. The molecule has 1 amide bonds. The van der Waals surface area contributed by atoms with Crippen molar-refractivity contribution in [2.45, 2.75) is 26.8 Å². The molecule has 1 aromatic rings. The lowest BCUT2D eigenvalue weighted by Gasteiger charge is -2.30. The lowest BCUT2D eigenvalue weighted by Crippen LogP contribution is -2.48. The number of aryl methyl sites for hydroxylation is 1. The van der Waals surface area contributed by atoms with Crippen molar-refractivity contribution in [3.05, 3.63) is 35.4 Å². The summed E-state index contributed by atoms with van der Waals surface area (Å²) >= 11 is 0. The Labute approximate surface area is 152 Å². The van der Waals surface area contributed by atoms with Crippen molar-refractivity contribution in [3.63, 3.8) is 0 Å². The van der Waals surface area contributed by atoms with Crippen LogP contribution in [0.5, 0.6) is 0 Å². The number of nitrogens with zero attached hydrogens (tertiary/aromatic N) is 2. The largest absolute Gasteiger partial charge is 0.337 e. The Balaban J connectivity index is 0.00000242. The van der Waals surface area contributed by atoms with E-state index in [0.717, 1.165) is 45.7 Å². The molecule has 1 saturated heterocycles. The number of rotatable bonds is 6. The molecule has 4 nitrogen and oxygen atoms in total. The molecule has 1 fully saturated rings. The predicted octanol–water partition coefficient (Wildman–Crippen LogP) is 2.48. The summed E-state index contributed by atoms with van der Waals surface area (Å²) in [6.45, 7) is 10.2. The smallest absolute Gasteiger partial charge is 0.237 e. The van der Waals surface area contributed by atoms with Crippen molar-refractivity contribution in [2.24, 2.45) is 0 Å². The van der Waals surface area contributed by atoms with Crippen LogP contribution in [0.3, 0.4) is 0 Å². The fourth-order valence-electron chi connectivity index (χ4n) is 2.64. The molecule has 6 heteroatoms. The monoisotopic (exact) mass is 361 g/mol. The second-order valence-corrected chi connectivity index (χ2v) is 5.83. The van der Waals surface area contributed by atoms with Crippen molar-refractivity contribution in [2.75, 3.05) is 39.3 Å². The maximum atomic E-state index is 12.5.